The number of hydrogen-bond acceptors (Lipinski definition) is 9. The van der Waals surface area contributed by atoms with E-state index in [1.165, 1.54) is 257 Å². The van der Waals surface area contributed by atoms with Crippen molar-refractivity contribution in [3.8, 4) is 22.5 Å². The van der Waals surface area contributed by atoms with Crippen LogP contribution in [0.1, 0.15) is 339 Å². The second kappa shape index (κ2) is 58.6. The van der Waals surface area contributed by atoms with Gasteiger partial charge < -0.3 is 44.6 Å². The summed E-state index contributed by atoms with van der Waals surface area (Å²) in [5.41, 5.74) is 3.30. The Balaban J connectivity index is 1.35. The Kier molecular flexibility index (Phi) is 50.5. The number of ether oxygens (including phenoxy) is 3. The van der Waals surface area contributed by atoms with Crippen molar-refractivity contribution in [2.45, 2.75) is 329 Å². The van der Waals surface area contributed by atoms with E-state index in [0.29, 0.717) is 72.7 Å². The molecule has 14 heteroatoms. The summed E-state index contributed by atoms with van der Waals surface area (Å²) < 4.78 is 26.0. The minimum atomic E-state index is -1.05. The summed E-state index contributed by atoms with van der Waals surface area (Å²) in [4.78, 5) is 53.7. The quantitative estimate of drug-likeness (QED) is 0.0144. The van der Waals surface area contributed by atoms with Crippen LogP contribution in [0.2, 0.25) is 0 Å². The molecule has 0 saturated carbocycles. The maximum absolute atomic E-state index is 13.1. The number of fused-ring (bicyclic) bond motifs is 2. The van der Waals surface area contributed by atoms with Gasteiger partial charge in [0.25, 0.3) is 0 Å². The van der Waals surface area contributed by atoms with Crippen LogP contribution < -0.4 is 30.8 Å². The summed E-state index contributed by atoms with van der Waals surface area (Å²) >= 11 is 0. The van der Waals surface area contributed by atoms with Gasteiger partial charge in [-0.1, -0.05) is 334 Å². The highest BCUT2D eigenvalue weighted by Gasteiger charge is 2.24. The van der Waals surface area contributed by atoms with Crippen LogP contribution in [0.3, 0.4) is 0 Å². The summed E-state index contributed by atoms with van der Waals surface area (Å²) in [5.74, 6) is -0.566. The number of amides is 3. The molecule has 2 aromatic rings. The lowest BCUT2D eigenvalue weighted by molar-refractivity contribution is 0.0697. The molecule has 14 nitrogen and oxygen atoms in total. The number of carbonyl (C=O) groups is 4. The van der Waals surface area contributed by atoms with Crippen LogP contribution in [0.15, 0.2) is 77.9 Å². The first kappa shape index (κ1) is 85.4. The highest BCUT2D eigenvalue weighted by atomic mass is 16.6. The van der Waals surface area contributed by atoms with Crippen LogP contribution in [-0.2, 0) is 14.2 Å². The summed E-state index contributed by atoms with van der Waals surface area (Å²) in [6.07, 6.45) is 62.3. The van der Waals surface area contributed by atoms with Gasteiger partial charge in [0.05, 0.1) is 18.2 Å². The molecule has 0 radical (unpaired) electrons. The molecule has 1 heterocycles. The molecule has 3 amide bonds. The van der Waals surface area contributed by atoms with Gasteiger partial charge in [0, 0.05) is 54.0 Å². The van der Waals surface area contributed by atoms with E-state index in [2.05, 4.69) is 43.3 Å². The van der Waals surface area contributed by atoms with E-state index in [-0.39, 0.29) is 25.4 Å². The zero-order chi connectivity index (χ0) is 70.7. The Morgan fingerprint density at radius 2 is 0.788 bits per heavy atom. The molecule has 0 unspecified atom stereocenters. The van der Waals surface area contributed by atoms with Crippen LogP contribution in [0, 0.1) is 0 Å². The van der Waals surface area contributed by atoms with Crippen molar-refractivity contribution in [1.29, 1.82) is 0 Å². The predicted octanol–water partition coefficient (Wildman–Crippen LogP) is 23.6. The number of nitrogens with one attached hydrogen (secondary N) is 3. The molecule has 2 aromatic carbocycles. The average Bonchev–Trinajstić information content (AvgIpc) is 0.750. The molecule has 0 fully saturated rings. The van der Waals surface area contributed by atoms with Gasteiger partial charge in [-0.2, -0.15) is 0 Å². The lowest BCUT2D eigenvalue weighted by atomic mass is 9.90. The van der Waals surface area contributed by atoms with E-state index in [0.717, 1.165) is 62.4 Å². The minimum absolute atomic E-state index is 0.0755. The Hall–Kier alpha value is -6.05. The second-order valence-electron chi connectivity index (χ2n) is 28.1. The maximum atomic E-state index is 13.1. The lowest BCUT2D eigenvalue weighted by Gasteiger charge is -2.22. The number of carboxylic acid groups (broad SMARTS) is 1. The maximum Gasteiger partial charge on any atom is 0.407 e. The second-order valence-corrected chi connectivity index (χ2v) is 28.1. The predicted molar refractivity (Wildman–Crippen MR) is 414 cm³/mol. The number of anilines is 1. The SMILES string of the molecule is C=CN(CCOC(=O)NCCCCCCCCCCCCCCCCCC)c1ccc2c(-c3ccccc3C(=O)O)c3ccc(=[N+](CCOC(=O)NCCCCCCCCCCCCCCCCCC)CCOC(=O)NCCCCCCCCCCCCCCCCCC)cc-3oc2c1. The fraction of sp³-hybridized carbons (Fsp3) is 0.706. The van der Waals surface area contributed by atoms with Crippen molar-refractivity contribution in [1.82, 2.24) is 20.5 Å². The monoisotopic (exact) mass is 1380 g/mol. The molecule has 4 rings (SSSR count). The molecule has 0 aromatic heterocycles. The molecule has 2 aliphatic rings. The third-order valence-corrected chi connectivity index (χ3v) is 19.7. The molecule has 0 bridgehead atoms. The molecule has 0 spiro atoms. The first-order chi connectivity index (χ1) is 48.7. The van der Waals surface area contributed by atoms with E-state index >= 15 is 0 Å². The smallest absolute Gasteiger partial charge is 0.407 e. The first-order valence-corrected chi connectivity index (χ1v) is 40.7. The van der Waals surface area contributed by atoms with E-state index in [1.807, 2.05) is 58.0 Å². The molecule has 1 aliphatic carbocycles. The van der Waals surface area contributed by atoms with Gasteiger partial charge in [0.15, 0.2) is 26.3 Å². The lowest BCUT2D eigenvalue weighted by Crippen LogP contribution is -2.38. The fourth-order valence-electron chi connectivity index (χ4n) is 13.6. The van der Waals surface area contributed by atoms with Crippen LogP contribution in [0.5, 0.6) is 0 Å². The Morgan fingerprint density at radius 1 is 0.434 bits per heavy atom. The molecule has 1 aliphatic heterocycles. The van der Waals surface area contributed by atoms with E-state index < -0.39 is 24.2 Å². The normalized spacial score (nSPS) is 11.3. The van der Waals surface area contributed by atoms with Crippen molar-refractivity contribution >= 4 is 40.9 Å². The Morgan fingerprint density at radius 3 is 1.15 bits per heavy atom. The van der Waals surface area contributed by atoms with Crippen LogP contribution in [0.25, 0.3) is 33.4 Å². The Labute approximate surface area is 601 Å². The van der Waals surface area contributed by atoms with Gasteiger partial charge in [-0.3, -0.25) is 0 Å². The number of hydrogen-bond donors (Lipinski definition) is 4. The zero-order valence-electron chi connectivity index (χ0n) is 63.0. The van der Waals surface area contributed by atoms with E-state index in [1.54, 1.807) is 18.3 Å². The highest BCUT2D eigenvalue weighted by Crippen LogP contribution is 2.42. The average molecular weight is 1380 g/mol. The molecule has 99 heavy (non-hydrogen) atoms. The molecular formula is C85H140N5O9+. The number of rotatable bonds is 64. The first-order valence-electron chi connectivity index (χ1n) is 40.7. The summed E-state index contributed by atoms with van der Waals surface area (Å²) in [6, 6.07) is 18.5. The number of alkyl carbamates (subject to hydrolysis) is 3. The van der Waals surface area contributed by atoms with Crippen molar-refractivity contribution < 1.29 is 42.9 Å². The standard InChI is InChI=1S/C85H139N5O9/c1-5-9-12-15-18-21-24-27-30-33-36-39-42-45-48-53-62-86-83(93)96-68-65-89(8-4)73-58-60-77-79(71-73)99-80-72-74(59-61-78(80)81(77)75-56-51-52-57-76(75)82(91)92)90(66-69-97-84(94)87-63-54-49-46-43-40-37-34-31-28-25-22-19-16-13-10-6-2)67-70-98-85(95)88-64-55-50-47-44-41-38-35-32-29-26-23-20-17-14-11-7-3/h8,51-52,56-61,71-72H,4-7,9-50,53-55,62-70H2,1-3H3,(H3-,86,87,88,91,92,93,94,95)/p+1. The van der Waals surface area contributed by atoms with E-state index in [4.69, 9.17) is 18.6 Å². The number of carboxylic acids is 1. The topological polar surface area (TPSA) is 172 Å². The highest BCUT2D eigenvalue weighted by molar-refractivity contribution is 6.07. The largest absolute Gasteiger partial charge is 0.478 e. The summed E-state index contributed by atoms with van der Waals surface area (Å²) in [7, 11) is 0. The third kappa shape index (κ3) is 40.3. The number of unbranched alkanes of at least 4 members (excludes halogenated alkanes) is 45. The van der Waals surface area contributed by atoms with Crippen molar-refractivity contribution in [3.05, 3.63) is 84.4 Å². The van der Waals surface area contributed by atoms with Gasteiger partial charge in [-0.25, -0.2) is 23.8 Å². The molecule has 558 valence electrons. The van der Waals surface area contributed by atoms with Gasteiger partial charge in [-0.05, 0) is 55.3 Å². The zero-order valence-corrected chi connectivity index (χ0v) is 63.0. The van der Waals surface area contributed by atoms with Crippen molar-refractivity contribution in [2.75, 3.05) is 64.0 Å². The summed E-state index contributed by atoms with van der Waals surface area (Å²) in [6.45, 7) is 13.8. The van der Waals surface area contributed by atoms with Gasteiger partial charge in [0.2, 0.25) is 5.36 Å². The number of benzene rings is 3. The third-order valence-electron chi connectivity index (χ3n) is 19.7. The van der Waals surface area contributed by atoms with Crippen molar-refractivity contribution in [2.24, 2.45) is 0 Å². The summed E-state index contributed by atoms with van der Waals surface area (Å²) in [5, 5.41) is 20.8. The van der Waals surface area contributed by atoms with Crippen molar-refractivity contribution in [3.63, 3.8) is 0 Å². The van der Waals surface area contributed by atoms with Crippen LogP contribution >= 0.6 is 0 Å². The fourth-order valence-corrected chi connectivity index (χ4v) is 13.6. The minimum Gasteiger partial charge on any atom is -0.478 e. The molecule has 0 saturated heterocycles. The Bertz CT molecular complexity index is 2700. The van der Waals surface area contributed by atoms with E-state index in [9.17, 15) is 24.3 Å². The molecular weight excluding hydrogens is 1230 g/mol. The van der Waals surface area contributed by atoms with Gasteiger partial charge >= 0.3 is 24.2 Å². The molecule has 4 N–H and O–H groups in total. The number of carbonyl (C=O) groups excluding carboxylic acids is 3. The van der Waals surface area contributed by atoms with Gasteiger partial charge in [0.1, 0.15) is 18.0 Å². The molecule has 0 atom stereocenters. The number of aromatic carboxylic acids is 1. The van der Waals surface area contributed by atoms with Gasteiger partial charge in [-0.15, -0.1) is 0 Å². The number of nitrogens with zero attached hydrogens (tertiary/aromatic N) is 2. The van der Waals surface area contributed by atoms with Crippen LogP contribution in [-0.4, -0.2) is 88.4 Å². The van der Waals surface area contributed by atoms with Crippen LogP contribution in [0.4, 0.5) is 20.1 Å².